The zero-order valence-corrected chi connectivity index (χ0v) is 14.9. The summed E-state index contributed by atoms with van der Waals surface area (Å²) in [6.45, 7) is 6.00. The molecule has 1 fully saturated rings. The number of nitrogens with one attached hydrogen (secondary N) is 1. The van der Waals surface area contributed by atoms with Gasteiger partial charge in [0, 0.05) is 18.9 Å². The SMILES string of the molecule is CC(C)(C)OC(=O)N[C@H]1CC[C@H](OCCCS(C)(=O)=O)CC1. The molecule has 0 atom stereocenters. The number of carbonyl (C=O) groups excluding carboxylic acids is 1. The van der Waals surface area contributed by atoms with Crippen LogP contribution in [0.2, 0.25) is 0 Å². The Morgan fingerprint density at radius 2 is 1.77 bits per heavy atom. The first-order valence-corrected chi connectivity index (χ1v) is 9.90. The van der Waals surface area contributed by atoms with E-state index in [9.17, 15) is 13.2 Å². The Morgan fingerprint density at radius 3 is 2.27 bits per heavy atom. The van der Waals surface area contributed by atoms with E-state index >= 15 is 0 Å². The molecule has 0 heterocycles. The summed E-state index contributed by atoms with van der Waals surface area (Å²) < 4.78 is 33.0. The topological polar surface area (TPSA) is 81.7 Å². The van der Waals surface area contributed by atoms with Crippen molar-refractivity contribution >= 4 is 15.9 Å². The molecule has 1 aliphatic carbocycles. The first-order valence-electron chi connectivity index (χ1n) is 7.84. The van der Waals surface area contributed by atoms with E-state index in [-0.39, 0.29) is 24.0 Å². The molecule has 1 aliphatic rings. The fraction of sp³-hybridized carbons (Fsp3) is 0.933. The third-order valence-corrected chi connectivity index (χ3v) is 4.44. The maximum atomic E-state index is 11.7. The second-order valence-electron chi connectivity index (χ2n) is 6.97. The van der Waals surface area contributed by atoms with Gasteiger partial charge in [0.05, 0.1) is 11.9 Å². The Bertz CT molecular complexity index is 447. The highest BCUT2D eigenvalue weighted by atomic mass is 32.2. The van der Waals surface area contributed by atoms with Crippen molar-refractivity contribution in [1.29, 1.82) is 0 Å². The highest BCUT2D eigenvalue weighted by Crippen LogP contribution is 2.22. The summed E-state index contributed by atoms with van der Waals surface area (Å²) in [5.41, 5.74) is -0.482. The quantitative estimate of drug-likeness (QED) is 0.753. The third-order valence-electron chi connectivity index (χ3n) is 3.41. The molecule has 22 heavy (non-hydrogen) atoms. The van der Waals surface area contributed by atoms with Gasteiger partial charge in [-0.1, -0.05) is 0 Å². The predicted molar refractivity (Wildman–Crippen MR) is 85.7 cm³/mol. The minimum absolute atomic E-state index is 0.130. The van der Waals surface area contributed by atoms with Crippen molar-refractivity contribution in [3.8, 4) is 0 Å². The number of carbonyl (C=O) groups is 1. The summed E-state index contributed by atoms with van der Waals surface area (Å²) in [6.07, 6.45) is 5.03. The second-order valence-corrected chi connectivity index (χ2v) is 9.23. The highest BCUT2D eigenvalue weighted by molar-refractivity contribution is 7.90. The van der Waals surface area contributed by atoms with Gasteiger partial charge in [0.25, 0.3) is 0 Å². The van der Waals surface area contributed by atoms with E-state index in [2.05, 4.69) is 5.32 Å². The van der Waals surface area contributed by atoms with Crippen LogP contribution < -0.4 is 5.32 Å². The third kappa shape index (κ3) is 9.25. The molecule has 0 spiro atoms. The highest BCUT2D eigenvalue weighted by Gasteiger charge is 2.25. The fourth-order valence-corrected chi connectivity index (χ4v) is 3.06. The normalized spacial score (nSPS) is 23.1. The van der Waals surface area contributed by atoms with Gasteiger partial charge in [-0.15, -0.1) is 0 Å². The molecule has 1 rings (SSSR count). The summed E-state index contributed by atoms with van der Waals surface area (Å²) in [6, 6.07) is 0.130. The molecule has 0 unspecified atom stereocenters. The molecule has 0 aliphatic heterocycles. The van der Waals surface area contributed by atoms with Crippen molar-refractivity contribution in [3.63, 3.8) is 0 Å². The zero-order valence-electron chi connectivity index (χ0n) is 14.1. The number of amides is 1. The molecule has 0 aromatic heterocycles. The Balaban J connectivity index is 2.17. The molecule has 1 amide bonds. The van der Waals surface area contributed by atoms with Gasteiger partial charge in [-0.2, -0.15) is 0 Å². The number of hydrogen-bond acceptors (Lipinski definition) is 5. The van der Waals surface area contributed by atoms with Crippen LogP contribution in [0.1, 0.15) is 52.9 Å². The van der Waals surface area contributed by atoms with Crippen LogP contribution in [0.5, 0.6) is 0 Å². The number of ether oxygens (including phenoxy) is 2. The lowest BCUT2D eigenvalue weighted by atomic mass is 9.93. The lowest BCUT2D eigenvalue weighted by Crippen LogP contribution is -2.41. The molecule has 6 nitrogen and oxygen atoms in total. The average molecular weight is 335 g/mol. The molecule has 7 heteroatoms. The first-order chi connectivity index (χ1) is 10.1. The Kier molecular flexibility index (Phi) is 7.12. The van der Waals surface area contributed by atoms with E-state index in [1.165, 1.54) is 6.26 Å². The van der Waals surface area contributed by atoms with E-state index in [1.807, 2.05) is 20.8 Å². The van der Waals surface area contributed by atoms with Gasteiger partial charge in [-0.05, 0) is 52.9 Å². The standard InChI is InChI=1S/C15H29NO5S/c1-15(2,3)21-14(17)16-12-6-8-13(9-7-12)20-10-5-11-22(4,18)19/h12-13H,5-11H2,1-4H3,(H,16,17)/t12-,13-. The molecular formula is C15H29NO5S. The van der Waals surface area contributed by atoms with Crippen LogP contribution in [0.25, 0.3) is 0 Å². The van der Waals surface area contributed by atoms with Gasteiger partial charge in [0.1, 0.15) is 15.4 Å². The molecule has 1 saturated carbocycles. The summed E-state index contributed by atoms with van der Waals surface area (Å²) in [5.74, 6) is 0.169. The summed E-state index contributed by atoms with van der Waals surface area (Å²) >= 11 is 0. The summed E-state index contributed by atoms with van der Waals surface area (Å²) in [4.78, 5) is 11.7. The van der Waals surface area contributed by atoms with Crippen LogP contribution in [0.15, 0.2) is 0 Å². The molecule has 1 N–H and O–H groups in total. The Morgan fingerprint density at radius 1 is 1.18 bits per heavy atom. The van der Waals surface area contributed by atoms with Gasteiger partial charge < -0.3 is 14.8 Å². The van der Waals surface area contributed by atoms with Crippen LogP contribution in [-0.2, 0) is 19.3 Å². The van der Waals surface area contributed by atoms with Gasteiger partial charge in [-0.25, -0.2) is 13.2 Å². The Hall–Kier alpha value is -0.820. The maximum Gasteiger partial charge on any atom is 0.407 e. The van der Waals surface area contributed by atoms with Gasteiger partial charge >= 0.3 is 6.09 Å². The second kappa shape index (κ2) is 8.15. The van der Waals surface area contributed by atoms with Crippen LogP contribution in [0.3, 0.4) is 0 Å². The molecule has 130 valence electrons. The molecule has 0 aromatic carbocycles. The van der Waals surface area contributed by atoms with Crippen molar-refractivity contribution in [2.24, 2.45) is 0 Å². The van der Waals surface area contributed by atoms with Crippen LogP contribution >= 0.6 is 0 Å². The first kappa shape index (κ1) is 19.2. The number of rotatable bonds is 6. The fourth-order valence-electron chi connectivity index (χ4n) is 2.42. The van der Waals surface area contributed by atoms with Crippen molar-refractivity contribution in [2.45, 2.75) is 70.6 Å². The lowest BCUT2D eigenvalue weighted by Gasteiger charge is -2.30. The zero-order chi connectivity index (χ0) is 16.8. The molecule has 0 bridgehead atoms. The van der Waals surface area contributed by atoms with Crippen molar-refractivity contribution in [1.82, 2.24) is 5.32 Å². The largest absolute Gasteiger partial charge is 0.444 e. The number of alkyl carbamates (subject to hydrolysis) is 1. The van der Waals surface area contributed by atoms with Gasteiger partial charge in [0.15, 0.2) is 0 Å². The lowest BCUT2D eigenvalue weighted by molar-refractivity contribution is 0.0185. The van der Waals surface area contributed by atoms with Gasteiger partial charge in [0.2, 0.25) is 0 Å². The minimum Gasteiger partial charge on any atom is -0.444 e. The van der Waals surface area contributed by atoms with Crippen LogP contribution in [-0.4, -0.2) is 50.9 Å². The number of hydrogen-bond donors (Lipinski definition) is 1. The molecule has 0 radical (unpaired) electrons. The summed E-state index contributed by atoms with van der Waals surface area (Å²) in [7, 11) is -2.91. The predicted octanol–water partition coefficient (Wildman–Crippen LogP) is 2.27. The maximum absolute atomic E-state index is 11.7. The van der Waals surface area contributed by atoms with E-state index in [1.54, 1.807) is 0 Å². The minimum atomic E-state index is -2.91. The van der Waals surface area contributed by atoms with E-state index in [4.69, 9.17) is 9.47 Å². The van der Waals surface area contributed by atoms with Gasteiger partial charge in [-0.3, -0.25) is 0 Å². The van der Waals surface area contributed by atoms with Crippen LogP contribution in [0, 0.1) is 0 Å². The number of sulfone groups is 1. The monoisotopic (exact) mass is 335 g/mol. The molecular weight excluding hydrogens is 306 g/mol. The smallest absolute Gasteiger partial charge is 0.407 e. The molecule has 0 saturated heterocycles. The van der Waals surface area contributed by atoms with Crippen LogP contribution in [0.4, 0.5) is 4.79 Å². The van der Waals surface area contributed by atoms with Crippen molar-refractivity contribution < 1.29 is 22.7 Å². The van der Waals surface area contributed by atoms with E-state index in [0.717, 1.165) is 25.7 Å². The van der Waals surface area contributed by atoms with Crippen molar-refractivity contribution in [2.75, 3.05) is 18.6 Å². The van der Waals surface area contributed by atoms with Crippen molar-refractivity contribution in [3.05, 3.63) is 0 Å². The summed E-state index contributed by atoms with van der Waals surface area (Å²) in [5, 5.41) is 2.89. The van der Waals surface area contributed by atoms with E-state index < -0.39 is 15.4 Å². The molecule has 0 aromatic rings. The van der Waals surface area contributed by atoms with E-state index in [0.29, 0.717) is 13.0 Å². The average Bonchev–Trinajstić information content (AvgIpc) is 2.33. The Labute approximate surface area is 133 Å².